The van der Waals surface area contributed by atoms with E-state index in [9.17, 15) is 0 Å². The highest BCUT2D eigenvalue weighted by molar-refractivity contribution is 6.94. The molecule has 0 unspecified atom stereocenters. The monoisotopic (exact) mass is 986 g/mol. The van der Waals surface area contributed by atoms with Crippen LogP contribution in [0.25, 0.3) is 0 Å². The summed E-state index contributed by atoms with van der Waals surface area (Å²) < 4.78 is 76.4. The summed E-state index contributed by atoms with van der Waals surface area (Å²) in [4.78, 5) is 0. The first kappa shape index (κ1) is 57.2. The van der Waals surface area contributed by atoms with Gasteiger partial charge < -0.3 is 45.3 Å². The zero-order chi connectivity index (χ0) is 44.0. The van der Waals surface area contributed by atoms with Crippen molar-refractivity contribution in [2.45, 2.75) is 209 Å². The lowest BCUT2D eigenvalue weighted by atomic mass is 10.9. The predicted octanol–water partition coefficient (Wildman–Crippen LogP) is 12.2. The molecule has 0 heterocycles. The Hall–Kier alpha value is 2.16. The van der Waals surface area contributed by atoms with Gasteiger partial charge in [-0.05, 0) is 161 Å². The molecule has 0 fully saturated rings. The van der Waals surface area contributed by atoms with Gasteiger partial charge in [-0.1, -0.05) is 41.5 Å². The molecule has 0 aliphatic rings. The Kier molecular flexibility index (Phi) is 21.4. The van der Waals surface area contributed by atoms with Crippen LogP contribution in [0.1, 0.15) is 41.5 Å². The molecule has 0 aromatic heterocycles. The van der Waals surface area contributed by atoms with Crippen molar-refractivity contribution in [2.75, 3.05) is 0 Å². The summed E-state index contributed by atoms with van der Waals surface area (Å²) >= 11 is 0. The maximum atomic E-state index is 7.12. The van der Waals surface area contributed by atoms with Gasteiger partial charge in [-0.3, -0.25) is 0 Å². The van der Waals surface area contributed by atoms with E-state index in [1.54, 1.807) is 0 Å². The van der Waals surface area contributed by atoms with Crippen molar-refractivity contribution in [3.8, 4) is 0 Å². The summed E-state index contributed by atoms with van der Waals surface area (Å²) in [7, 11) is -30.8. The third-order valence-corrected chi connectivity index (χ3v) is 60.5. The van der Waals surface area contributed by atoms with Crippen LogP contribution in [0.5, 0.6) is 0 Å². The zero-order valence-electron chi connectivity index (χ0n) is 40.7. The molecule has 0 saturated carbocycles. The molecule has 0 aromatic rings. The van der Waals surface area contributed by atoms with E-state index in [0.717, 1.165) is 36.3 Å². The average molecular weight is 988 g/mol. The molecule has 23 heteroatoms. The van der Waals surface area contributed by atoms with E-state index in [1.165, 1.54) is 0 Å². The summed E-state index contributed by atoms with van der Waals surface area (Å²) in [6.07, 6.45) is 0. The van der Waals surface area contributed by atoms with E-state index in [2.05, 4.69) is 166 Å². The van der Waals surface area contributed by atoms with E-state index in [4.69, 9.17) is 45.3 Å². The second-order valence-electron chi connectivity index (χ2n) is 19.7. The van der Waals surface area contributed by atoms with Crippen molar-refractivity contribution in [1.29, 1.82) is 0 Å². The fourth-order valence-corrected chi connectivity index (χ4v) is 67.0. The highest BCUT2D eigenvalue weighted by atomic mass is 28.5. The minimum absolute atomic E-state index is 1.02. The Morgan fingerprint density at radius 2 is 0.327 bits per heavy atom. The number of rotatable bonds is 28. The lowest BCUT2D eigenvalue weighted by molar-refractivity contribution is 0.193. The molecule has 55 heavy (non-hydrogen) atoms. The van der Waals surface area contributed by atoms with Gasteiger partial charge in [-0.2, -0.15) is 0 Å². The van der Waals surface area contributed by atoms with Gasteiger partial charge in [-0.15, -0.1) is 0 Å². The second-order valence-corrected chi connectivity index (χ2v) is 65.7. The minimum Gasteiger partial charge on any atom is -0.436 e. The van der Waals surface area contributed by atoms with Gasteiger partial charge in [0.1, 0.15) is 0 Å². The fraction of sp³-hybridized carbons (Fsp3) is 1.00. The molecule has 0 bridgehead atoms. The summed E-state index contributed by atoms with van der Waals surface area (Å²) in [5.41, 5.74) is 0. The average Bonchev–Trinajstić information content (AvgIpc) is 2.91. The lowest BCUT2D eigenvalue weighted by Gasteiger charge is -2.46. The van der Waals surface area contributed by atoms with Crippen molar-refractivity contribution >= 4 is 102 Å². The van der Waals surface area contributed by atoms with Crippen molar-refractivity contribution in [3.63, 3.8) is 0 Å². The van der Waals surface area contributed by atoms with E-state index in [1.807, 2.05) is 6.55 Å². The Balaban J connectivity index is 6.30. The minimum atomic E-state index is -3.40. The van der Waals surface area contributed by atoms with Gasteiger partial charge in [0.25, 0.3) is 0 Å². The Morgan fingerprint density at radius 3 is 0.491 bits per heavy atom. The SMILES string of the molecule is CC[Si](C)(CC)O[Si](C)(C)O[Si](C)(C)O[Si](C)(C)O[Si](C)(C)O[Si](C)(C)O[Si](C)(C)O[Si](C)(O[Si](C)(C)O[Si](C)(CC)CC)O[Si](C)(C)O[Si](C)(CC)CC. The second kappa shape index (κ2) is 20.6. The molecule has 0 aliphatic carbocycles. The van der Waals surface area contributed by atoms with Crippen LogP contribution in [0.4, 0.5) is 0 Å². The Morgan fingerprint density at radius 1 is 0.200 bits per heavy atom. The van der Waals surface area contributed by atoms with Crippen molar-refractivity contribution in [3.05, 3.63) is 0 Å². The van der Waals surface area contributed by atoms with E-state index in [0.29, 0.717) is 0 Å². The van der Waals surface area contributed by atoms with Crippen molar-refractivity contribution in [1.82, 2.24) is 0 Å². The molecule has 0 rings (SSSR count). The van der Waals surface area contributed by atoms with E-state index in [-0.39, 0.29) is 0 Å². The normalized spacial score (nSPS) is 15.6. The highest BCUT2D eigenvalue weighted by Gasteiger charge is 2.55. The van der Waals surface area contributed by atoms with Crippen LogP contribution in [0.15, 0.2) is 0 Å². The molecule has 0 amide bonds. The number of hydrogen-bond donors (Lipinski definition) is 0. The molecule has 0 radical (unpaired) electrons. The summed E-state index contributed by atoms with van der Waals surface area (Å²) in [6, 6.07) is 6.24. The smallest absolute Gasteiger partial charge is 0.436 e. The number of hydrogen-bond acceptors (Lipinski definition) is 11. The lowest BCUT2D eigenvalue weighted by Crippen LogP contribution is -2.66. The van der Waals surface area contributed by atoms with Crippen LogP contribution < -0.4 is 0 Å². The van der Waals surface area contributed by atoms with E-state index >= 15 is 0 Å². The molecular formula is C32H90O11Si12. The van der Waals surface area contributed by atoms with Crippen molar-refractivity contribution < 1.29 is 45.3 Å². The summed E-state index contributed by atoms with van der Waals surface area (Å²) in [5, 5.41) is 0. The zero-order valence-corrected chi connectivity index (χ0v) is 52.7. The van der Waals surface area contributed by atoms with Crippen LogP contribution in [-0.4, -0.2) is 102 Å². The molecule has 0 aliphatic heterocycles. The highest BCUT2D eigenvalue weighted by Crippen LogP contribution is 2.34. The first-order valence-electron chi connectivity index (χ1n) is 20.9. The van der Waals surface area contributed by atoms with E-state index < -0.39 is 102 Å². The fourth-order valence-electron chi connectivity index (χ4n) is 7.49. The quantitative estimate of drug-likeness (QED) is 0.0700. The molecular weight excluding hydrogens is 897 g/mol. The van der Waals surface area contributed by atoms with Crippen LogP contribution in [0.2, 0.25) is 167 Å². The third kappa shape index (κ3) is 22.2. The topological polar surface area (TPSA) is 102 Å². The Labute approximate surface area is 354 Å². The van der Waals surface area contributed by atoms with Crippen LogP contribution in [0, 0.1) is 0 Å². The standard InChI is InChI=1S/C32H90O11Si12/c1-27-52(23,28-2)38-48(15,16)36-46(11,12)34-44(7,8)33-45(9,10)35-47(13,14)37-49(17,18)41-55(26,42-50(19,20)39-53(24,29-3)30-4)43-51(21,22)40-54(25,31-5)32-6/h27-32H2,1-26H3. The largest absolute Gasteiger partial charge is 0.470 e. The first-order valence-corrected chi connectivity index (χ1v) is 54.1. The van der Waals surface area contributed by atoms with Gasteiger partial charge in [0.2, 0.25) is 0 Å². The summed E-state index contributed by atoms with van der Waals surface area (Å²) in [5.74, 6) is 0. The van der Waals surface area contributed by atoms with Crippen LogP contribution in [0.3, 0.4) is 0 Å². The maximum absolute atomic E-state index is 7.12. The molecule has 0 N–H and O–H groups in total. The van der Waals surface area contributed by atoms with Gasteiger partial charge in [0, 0.05) is 6.55 Å². The molecule has 11 nitrogen and oxygen atoms in total. The molecule has 0 aromatic carbocycles. The Bertz CT molecular complexity index is 1140. The van der Waals surface area contributed by atoms with Gasteiger partial charge in [-0.25, -0.2) is 0 Å². The van der Waals surface area contributed by atoms with Gasteiger partial charge in [0.05, 0.1) is 0 Å². The first-order chi connectivity index (χ1) is 24.1. The third-order valence-electron chi connectivity index (χ3n) is 9.72. The van der Waals surface area contributed by atoms with Crippen LogP contribution in [-0.2, 0) is 45.3 Å². The van der Waals surface area contributed by atoms with Crippen molar-refractivity contribution in [2.24, 2.45) is 0 Å². The van der Waals surface area contributed by atoms with Gasteiger partial charge >= 0.3 is 77.3 Å². The van der Waals surface area contributed by atoms with Crippen LogP contribution >= 0.6 is 0 Å². The summed E-state index contributed by atoms with van der Waals surface area (Å²) in [6.45, 7) is 56.0. The molecule has 332 valence electrons. The molecule has 0 spiro atoms. The molecule has 0 atom stereocenters. The maximum Gasteiger partial charge on any atom is 0.470 e. The molecule has 0 saturated heterocycles. The van der Waals surface area contributed by atoms with Gasteiger partial charge in [0.15, 0.2) is 25.0 Å². The predicted molar refractivity (Wildman–Crippen MR) is 261 cm³/mol.